The third kappa shape index (κ3) is 2.07. The fourth-order valence-corrected chi connectivity index (χ4v) is 2.64. The smallest absolute Gasteiger partial charge is 0.338 e. The van der Waals surface area contributed by atoms with Crippen molar-refractivity contribution < 1.29 is 14.3 Å². The Morgan fingerprint density at radius 2 is 2.00 bits per heavy atom. The molecule has 0 fully saturated rings. The summed E-state index contributed by atoms with van der Waals surface area (Å²) in [4.78, 5) is 15.6. The molecule has 3 aromatic rings. The number of para-hydroxylation sites is 1. The minimum absolute atomic E-state index is 0.153. The van der Waals surface area contributed by atoms with Gasteiger partial charge in [-0.2, -0.15) is 0 Å². The van der Waals surface area contributed by atoms with E-state index in [1.54, 1.807) is 12.1 Å². The molecule has 5 heteroatoms. The quantitative estimate of drug-likeness (QED) is 0.681. The molecule has 0 atom stereocenters. The van der Waals surface area contributed by atoms with Gasteiger partial charge in [0.05, 0.1) is 11.1 Å². The molecule has 1 heterocycles. The van der Waals surface area contributed by atoms with E-state index in [2.05, 4.69) is 27.6 Å². The second-order valence-corrected chi connectivity index (χ2v) is 5.49. The number of rotatable bonds is 2. The molecule has 0 aliphatic heterocycles. The highest BCUT2D eigenvalue weighted by molar-refractivity contribution is 14.1. The summed E-state index contributed by atoms with van der Waals surface area (Å²) in [5.74, 6) is -0.559. The third-order valence-electron chi connectivity index (χ3n) is 3.07. The predicted molar refractivity (Wildman–Crippen MR) is 83.9 cm³/mol. The molecule has 0 aliphatic carbocycles. The normalized spacial score (nSPS) is 10.9. The summed E-state index contributed by atoms with van der Waals surface area (Å²) in [7, 11) is 0. The summed E-state index contributed by atoms with van der Waals surface area (Å²) in [6.07, 6.45) is 0. The van der Waals surface area contributed by atoms with Crippen LogP contribution in [0.3, 0.4) is 0 Å². The van der Waals surface area contributed by atoms with E-state index in [9.17, 15) is 9.90 Å². The Labute approximate surface area is 128 Å². The van der Waals surface area contributed by atoms with Gasteiger partial charge in [-0.25, -0.2) is 9.78 Å². The molecule has 0 bridgehead atoms. The summed E-state index contributed by atoms with van der Waals surface area (Å²) in [6, 6.07) is 10.8. The zero-order chi connectivity index (χ0) is 14.3. The van der Waals surface area contributed by atoms with Crippen molar-refractivity contribution in [1.29, 1.82) is 0 Å². The van der Waals surface area contributed by atoms with Crippen molar-refractivity contribution in [3.8, 4) is 11.5 Å². The van der Waals surface area contributed by atoms with Crippen LogP contribution in [0.15, 0.2) is 40.8 Å². The number of nitrogens with zero attached hydrogens (tertiary/aromatic N) is 1. The van der Waals surface area contributed by atoms with Crippen molar-refractivity contribution in [2.45, 2.75) is 6.92 Å². The Kier molecular flexibility index (Phi) is 3.21. The molecule has 0 saturated carbocycles. The van der Waals surface area contributed by atoms with Crippen molar-refractivity contribution in [1.82, 2.24) is 4.98 Å². The fraction of sp³-hybridized carbons (Fsp3) is 0.0667. The van der Waals surface area contributed by atoms with E-state index in [-0.39, 0.29) is 5.56 Å². The standard InChI is InChI=1S/C15H10INO3/c1-8-4-2-5-9(12(8)16)14-17-13-10(15(18)19)6-3-7-11(13)20-14/h2-7H,1H3,(H,18,19). The van der Waals surface area contributed by atoms with Crippen LogP contribution in [0.5, 0.6) is 0 Å². The van der Waals surface area contributed by atoms with E-state index >= 15 is 0 Å². The molecule has 0 radical (unpaired) electrons. The summed E-state index contributed by atoms with van der Waals surface area (Å²) < 4.78 is 6.75. The topological polar surface area (TPSA) is 63.3 Å². The summed E-state index contributed by atoms with van der Waals surface area (Å²) >= 11 is 2.24. The highest BCUT2D eigenvalue weighted by Crippen LogP contribution is 2.30. The van der Waals surface area contributed by atoms with Gasteiger partial charge in [-0.1, -0.05) is 18.2 Å². The lowest BCUT2D eigenvalue weighted by molar-refractivity contribution is 0.0699. The van der Waals surface area contributed by atoms with Gasteiger partial charge in [0.2, 0.25) is 5.89 Å². The van der Waals surface area contributed by atoms with E-state index in [0.717, 1.165) is 14.7 Å². The van der Waals surface area contributed by atoms with E-state index in [4.69, 9.17) is 4.42 Å². The van der Waals surface area contributed by atoms with Gasteiger partial charge in [0.25, 0.3) is 0 Å². The lowest BCUT2D eigenvalue weighted by Crippen LogP contribution is -1.96. The Morgan fingerprint density at radius 3 is 2.75 bits per heavy atom. The first kappa shape index (κ1) is 13.1. The first-order valence-electron chi connectivity index (χ1n) is 5.96. The van der Waals surface area contributed by atoms with Crippen LogP contribution >= 0.6 is 22.6 Å². The Hall–Kier alpha value is -1.89. The maximum atomic E-state index is 11.2. The molecule has 0 saturated heterocycles. The molecule has 2 aromatic carbocycles. The molecular formula is C15H10INO3. The molecular weight excluding hydrogens is 369 g/mol. The maximum absolute atomic E-state index is 11.2. The van der Waals surface area contributed by atoms with Gasteiger partial charge in [-0.05, 0) is 53.3 Å². The minimum atomic E-state index is -1.01. The van der Waals surface area contributed by atoms with E-state index < -0.39 is 5.97 Å². The molecule has 0 amide bonds. The number of halogens is 1. The van der Waals surface area contributed by atoms with Crippen LogP contribution in [0.4, 0.5) is 0 Å². The van der Waals surface area contributed by atoms with Gasteiger partial charge in [0, 0.05) is 3.57 Å². The second-order valence-electron chi connectivity index (χ2n) is 4.41. The van der Waals surface area contributed by atoms with Crippen molar-refractivity contribution in [3.63, 3.8) is 0 Å². The van der Waals surface area contributed by atoms with Crippen LogP contribution in [0.25, 0.3) is 22.6 Å². The summed E-state index contributed by atoms with van der Waals surface area (Å²) in [5, 5.41) is 9.18. The highest BCUT2D eigenvalue weighted by Gasteiger charge is 2.17. The Bertz CT molecular complexity index is 823. The molecule has 4 nitrogen and oxygen atoms in total. The minimum Gasteiger partial charge on any atom is -0.478 e. The van der Waals surface area contributed by atoms with E-state index in [1.165, 1.54) is 6.07 Å². The lowest BCUT2D eigenvalue weighted by atomic mass is 10.1. The average molecular weight is 379 g/mol. The van der Waals surface area contributed by atoms with Crippen molar-refractivity contribution in [2.75, 3.05) is 0 Å². The fourth-order valence-electron chi connectivity index (χ4n) is 2.05. The average Bonchev–Trinajstić information content (AvgIpc) is 2.84. The number of aryl methyl sites for hydroxylation is 1. The van der Waals surface area contributed by atoms with E-state index in [0.29, 0.717) is 17.0 Å². The van der Waals surface area contributed by atoms with Crippen molar-refractivity contribution in [3.05, 3.63) is 51.1 Å². The summed E-state index contributed by atoms with van der Waals surface area (Å²) in [6.45, 7) is 2.01. The largest absolute Gasteiger partial charge is 0.478 e. The highest BCUT2D eigenvalue weighted by atomic mass is 127. The number of oxazole rings is 1. The van der Waals surface area contributed by atoms with Gasteiger partial charge in [0.1, 0.15) is 5.52 Å². The molecule has 100 valence electrons. The SMILES string of the molecule is Cc1cccc(-c2nc3c(C(=O)O)cccc3o2)c1I. The van der Waals surface area contributed by atoms with Crippen LogP contribution in [0.2, 0.25) is 0 Å². The number of benzene rings is 2. The number of aromatic carboxylic acids is 1. The van der Waals surface area contributed by atoms with E-state index in [1.807, 2.05) is 25.1 Å². The molecule has 3 rings (SSSR count). The van der Waals surface area contributed by atoms with Gasteiger partial charge >= 0.3 is 5.97 Å². The molecule has 0 unspecified atom stereocenters. The zero-order valence-corrected chi connectivity index (χ0v) is 12.7. The van der Waals surface area contributed by atoms with Crippen LogP contribution in [0.1, 0.15) is 15.9 Å². The number of aromatic nitrogens is 1. The Balaban J connectivity index is 2.26. The van der Waals surface area contributed by atoms with Crippen molar-refractivity contribution >= 4 is 39.7 Å². The van der Waals surface area contributed by atoms with Crippen molar-refractivity contribution in [2.24, 2.45) is 0 Å². The molecule has 0 aliphatic rings. The second kappa shape index (κ2) is 4.90. The van der Waals surface area contributed by atoms with Crippen LogP contribution < -0.4 is 0 Å². The monoisotopic (exact) mass is 379 g/mol. The number of carboxylic acid groups (broad SMARTS) is 1. The number of hydrogen-bond acceptors (Lipinski definition) is 3. The van der Waals surface area contributed by atoms with Crippen LogP contribution in [-0.2, 0) is 0 Å². The number of carboxylic acids is 1. The first-order valence-corrected chi connectivity index (χ1v) is 7.04. The van der Waals surface area contributed by atoms with Gasteiger partial charge in [-0.15, -0.1) is 0 Å². The first-order chi connectivity index (χ1) is 9.58. The van der Waals surface area contributed by atoms with Gasteiger partial charge < -0.3 is 9.52 Å². The number of carbonyl (C=O) groups is 1. The number of hydrogen-bond donors (Lipinski definition) is 1. The van der Waals surface area contributed by atoms with Crippen LogP contribution in [0, 0.1) is 10.5 Å². The third-order valence-corrected chi connectivity index (χ3v) is 4.50. The van der Waals surface area contributed by atoms with Gasteiger partial charge in [-0.3, -0.25) is 0 Å². The predicted octanol–water partition coefficient (Wildman–Crippen LogP) is 4.11. The maximum Gasteiger partial charge on any atom is 0.338 e. The Morgan fingerprint density at radius 1 is 1.25 bits per heavy atom. The van der Waals surface area contributed by atoms with Gasteiger partial charge in [0.15, 0.2) is 5.58 Å². The molecule has 0 spiro atoms. The molecule has 1 aromatic heterocycles. The number of fused-ring (bicyclic) bond motifs is 1. The lowest BCUT2D eigenvalue weighted by Gasteiger charge is -2.02. The summed E-state index contributed by atoms with van der Waals surface area (Å²) in [5.41, 5.74) is 3.02. The molecule has 1 N–H and O–H groups in total. The molecule has 20 heavy (non-hydrogen) atoms. The van der Waals surface area contributed by atoms with Crippen LogP contribution in [-0.4, -0.2) is 16.1 Å². The zero-order valence-electron chi connectivity index (χ0n) is 10.6.